The van der Waals surface area contributed by atoms with Crippen LogP contribution in [0.5, 0.6) is 0 Å². The third-order valence-electron chi connectivity index (χ3n) is 4.64. The Morgan fingerprint density at radius 1 is 1.25 bits per heavy atom. The van der Waals surface area contributed by atoms with Crippen LogP contribution in [-0.2, 0) is 13.5 Å². The van der Waals surface area contributed by atoms with Gasteiger partial charge >= 0.3 is 0 Å². The number of fused-ring (bicyclic) bond motifs is 1. The molecule has 20 heavy (non-hydrogen) atoms. The first-order valence-corrected chi connectivity index (χ1v) is 7.73. The molecule has 2 heterocycles. The summed E-state index contributed by atoms with van der Waals surface area (Å²) in [6, 6.07) is 7.39. The number of rotatable bonds is 3. The molecule has 0 bridgehead atoms. The molecular weight excluding hydrogens is 246 g/mol. The molecule has 3 rings (SSSR count). The number of hydrogen-bond acceptors (Lipinski definition) is 2. The normalized spacial score (nSPS) is 18.6. The fourth-order valence-electron chi connectivity index (χ4n) is 3.29. The largest absolute Gasteiger partial charge is 0.350 e. The van der Waals surface area contributed by atoms with E-state index in [1.165, 1.54) is 22.0 Å². The lowest BCUT2D eigenvalue weighted by atomic mass is 10.0. The molecule has 1 aliphatic rings. The smallest absolute Gasteiger partial charge is 0.0481 e. The molecule has 1 aromatic heterocycles. The molecule has 0 radical (unpaired) electrons. The summed E-state index contributed by atoms with van der Waals surface area (Å²) in [6.45, 7) is 9.07. The molecule has 0 aliphatic carbocycles. The van der Waals surface area contributed by atoms with Gasteiger partial charge in [0.15, 0.2) is 0 Å². The average Bonchev–Trinajstić information content (AvgIpc) is 2.84. The Hall–Kier alpha value is -1.32. The third kappa shape index (κ3) is 2.36. The predicted octanol–water partition coefficient (Wildman–Crippen LogP) is 2.71. The second-order valence-corrected chi connectivity index (χ2v) is 5.86. The number of nitrogens with one attached hydrogen (secondary N) is 1. The quantitative estimate of drug-likeness (QED) is 0.926. The highest BCUT2D eigenvalue weighted by Crippen LogP contribution is 2.30. The van der Waals surface area contributed by atoms with Gasteiger partial charge in [-0.1, -0.05) is 13.0 Å². The summed E-state index contributed by atoms with van der Waals surface area (Å²) >= 11 is 0. The van der Waals surface area contributed by atoms with Crippen LogP contribution in [0.2, 0.25) is 0 Å². The van der Waals surface area contributed by atoms with Crippen molar-refractivity contribution in [3.05, 3.63) is 35.5 Å². The topological polar surface area (TPSA) is 20.2 Å². The molecule has 1 saturated heterocycles. The number of piperazine rings is 1. The van der Waals surface area contributed by atoms with Crippen LogP contribution in [0.15, 0.2) is 24.4 Å². The highest BCUT2D eigenvalue weighted by atomic mass is 15.2. The maximum atomic E-state index is 3.43. The zero-order valence-corrected chi connectivity index (χ0v) is 12.8. The minimum atomic E-state index is 0.493. The number of aryl methyl sites for hydroxylation is 2. The Bertz CT molecular complexity index is 594. The van der Waals surface area contributed by atoms with Gasteiger partial charge in [-0.25, -0.2) is 0 Å². The van der Waals surface area contributed by atoms with Gasteiger partial charge in [0.25, 0.3) is 0 Å². The molecule has 1 aliphatic heterocycles. The highest BCUT2D eigenvalue weighted by molar-refractivity contribution is 5.85. The van der Waals surface area contributed by atoms with E-state index in [0.717, 1.165) is 32.6 Å². The summed E-state index contributed by atoms with van der Waals surface area (Å²) in [5.74, 6) is 0. The molecule has 1 N–H and O–H groups in total. The Kier molecular flexibility index (Phi) is 3.81. The van der Waals surface area contributed by atoms with Crippen molar-refractivity contribution in [1.82, 2.24) is 14.8 Å². The lowest BCUT2D eigenvalue weighted by Gasteiger charge is -2.32. The van der Waals surface area contributed by atoms with Gasteiger partial charge in [-0.3, -0.25) is 4.90 Å². The highest BCUT2D eigenvalue weighted by Gasteiger charge is 2.21. The van der Waals surface area contributed by atoms with Crippen LogP contribution < -0.4 is 5.32 Å². The Balaban J connectivity index is 2.01. The van der Waals surface area contributed by atoms with Gasteiger partial charge in [-0.05, 0) is 36.6 Å². The summed E-state index contributed by atoms with van der Waals surface area (Å²) in [4.78, 5) is 2.59. The van der Waals surface area contributed by atoms with Gasteiger partial charge in [0.1, 0.15) is 0 Å². The minimum Gasteiger partial charge on any atom is -0.350 e. The first-order chi connectivity index (χ1) is 9.70. The van der Waals surface area contributed by atoms with Crippen molar-refractivity contribution in [1.29, 1.82) is 0 Å². The monoisotopic (exact) mass is 271 g/mol. The van der Waals surface area contributed by atoms with Gasteiger partial charge in [0, 0.05) is 56.4 Å². The molecule has 0 saturated carbocycles. The van der Waals surface area contributed by atoms with E-state index in [2.05, 4.69) is 60.1 Å². The van der Waals surface area contributed by atoms with E-state index >= 15 is 0 Å². The fraction of sp³-hybridized carbons (Fsp3) is 0.529. The Labute approximate surface area is 121 Å². The van der Waals surface area contributed by atoms with E-state index in [4.69, 9.17) is 0 Å². The zero-order valence-electron chi connectivity index (χ0n) is 12.8. The van der Waals surface area contributed by atoms with Crippen molar-refractivity contribution in [3.63, 3.8) is 0 Å². The van der Waals surface area contributed by atoms with Crippen molar-refractivity contribution in [2.45, 2.75) is 26.3 Å². The van der Waals surface area contributed by atoms with Crippen LogP contribution in [0, 0.1) is 0 Å². The standard InChI is InChI=1S/C17H25N3/c1-4-14-5-6-17-15(11-14)16(12-19(17)3)13(2)20-9-7-18-8-10-20/h5-6,11-13,18H,4,7-10H2,1-3H3. The molecule has 3 heteroatoms. The maximum absolute atomic E-state index is 3.43. The van der Waals surface area contributed by atoms with E-state index in [0.29, 0.717) is 6.04 Å². The summed E-state index contributed by atoms with van der Waals surface area (Å²) < 4.78 is 2.27. The molecular formula is C17H25N3. The number of aromatic nitrogens is 1. The van der Waals surface area contributed by atoms with Gasteiger partial charge in [-0.15, -0.1) is 0 Å². The third-order valence-corrected chi connectivity index (χ3v) is 4.64. The molecule has 2 aromatic rings. The van der Waals surface area contributed by atoms with E-state index in [-0.39, 0.29) is 0 Å². The lowest BCUT2D eigenvalue weighted by molar-refractivity contribution is 0.186. The summed E-state index contributed by atoms with van der Waals surface area (Å²) in [5, 5.41) is 4.86. The number of benzene rings is 1. The van der Waals surface area contributed by atoms with E-state index in [1.807, 2.05) is 0 Å². The zero-order chi connectivity index (χ0) is 14.1. The van der Waals surface area contributed by atoms with Crippen molar-refractivity contribution in [2.75, 3.05) is 26.2 Å². The molecule has 0 spiro atoms. The summed E-state index contributed by atoms with van der Waals surface area (Å²) in [5.41, 5.74) is 4.25. The van der Waals surface area contributed by atoms with Crippen LogP contribution in [0.4, 0.5) is 0 Å². The first-order valence-electron chi connectivity index (χ1n) is 7.73. The second-order valence-electron chi connectivity index (χ2n) is 5.86. The summed E-state index contributed by atoms with van der Waals surface area (Å²) in [7, 11) is 2.15. The van der Waals surface area contributed by atoms with Gasteiger partial charge in [0.2, 0.25) is 0 Å². The van der Waals surface area contributed by atoms with Crippen molar-refractivity contribution < 1.29 is 0 Å². The van der Waals surface area contributed by atoms with E-state index in [9.17, 15) is 0 Å². The van der Waals surface area contributed by atoms with Gasteiger partial charge in [-0.2, -0.15) is 0 Å². The molecule has 0 amide bonds. The predicted molar refractivity (Wildman–Crippen MR) is 85.2 cm³/mol. The summed E-state index contributed by atoms with van der Waals surface area (Å²) in [6.07, 6.45) is 3.42. The molecule has 108 valence electrons. The second kappa shape index (κ2) is 5.58. The first kappa shape index (κ1) is 13.7. The number of hydrogen-bond donors (Lipinski definition) is 1. The molecule has 1 aromatic carbocycles. The number of nitrogens with zero attached hydrogens (tertiary/aromatic N) is 2. The van der Waals surface area contributed by atoms with Gasteiger partial charge in [0.05, 0.1) is 0 Å². The SMILES string of the molecule is CCc1ccc2c(c1)c(C(C)N1CCNCC1)cn2C. The van der Waals surface area contributed by atoms with Crippen molar-refractivity contribution in [3.8, 4) is 0 Å². The van der Waals surface area contributed by atoms with Crippen LogP contribution in [0.25, 0.3) is 10.9 Å². The lowest BCUT2D eigenvalue weighted by Crippen LogP contribution is -2.44. The van der Waals surface area contributed by atoms with E-state index < -0.39 is 0 Å². The van der Waals surface area contributed by atoms with Crippen LogP contribution >= 0.6 is 0 Å². The Morgan fingerprint density at radius 3 is 2.70 bits per heavy atom. The van der Waals surface area contributed by atoms with Crippen LogP contribution in [0.3, 0.4) is 0 Å². The minimum absolute atomic E-state index is 0.493. The molecule has 1 atom stereocenters. The molecule has 1 unspecified atom stereocenters. The van der Waals surface area contributed by atoms with E-state index in [1.54, 1.807) is 0 Å². The Morgan fingerprint density at radius 2 is 2.00 bits per heavy atom. The van der Waals surface area contributed by atoms with Crippen molar-refractivity contribution in [2.24, 2.45) is 7.05 Å². The molecule has 3 nitrogen and oxygen atoms in total. The molecule has 1 fully saturated rings. The fourth-order valence-corrected chi connectivity index (χ4v) is 3.29. The van der Waals surface area contributed by atoms with Crippen LogP contribution in [-0.4, -0.2) is 35.6 Å². The van der Waals surface area contributed by atoms with Crippen molar-refractivity contribution >= 4 is 10.9 Å². The van der Waals surface area contributed by atoms with Gasteiger partial charge < -0.3 is 9.88 Å². The van der Waals surface area contributed by atoms with Crippen LogP contribution in [0.1, 0.15) is 31.0 Å². The average molecular weight is 271 g/mol. The maximum Gasteiger partial charge on any atom is 0.0481 e.